The van der Waals surface area contributed by atoms with Crippen LogP contribution in [0.5, 0.6) is 0 Å². The molecule has 0 unspecified atom stereocenters. The van der Waals surface area contributed by atoms with Crippen LogP contribution in [-0.2, 0) is 5.75 Å². The number of nitrogens with zero attached hydrogens (tertiary/aromatic N) is 1. The van der Waals surface area contributed by atoms with Crippen LogP contribution in [0.3, 0.4) is 0 Å². The van der Waals surface area contributed by atoms with Gasteiger partial charge in [-0.1, -0.05) is 30.3 Å². The topological polar surface area (TPSA) is 40.5 Å². The van der Waals surface area contributed by atoms with Gasteiger partial charge in [-0.15, -0.1) is 11.8 Å². The van der Waals surface area contributed by atoms with Crippen molar-refractivity contribution in [1.29, 1.82) is 0 Å². The van der Waals surface area contributed by atoms with Gasteiger partial charge in [0.2, 0.25) is 0 Å². The van der Waals surface area contributed by atoms with Gasteiger partial charge >= 0.3 is 0 Å². The van der Waals surface area contributed by atoms with Gasteiger partial charge in [0, 0.05) is 35.9 Å². The minimum absolute atomic E-state index is 0.103. The summed E-state index contributed by atoms with van der Waals surface area (Å²) in [5.41, 5.74) is 2.05. The normalized spacial score (nSPS) is 15.5. The molecule has 3 rings (SSSR count). The lowest BCUT2D eigenvalue weighted by Gasteiger charge is -2.31. The Morgan fingerprint density at radius 3 is 2.33 bits per heavy atom. The Kier molecular flexibility index (Phi) is 5.94. The Morgan fingerprint density at radius 1 is 1.04 bits per heavy atom. The van der Waals surface area contributed by atoms with E-state index in [4.69, 9.17) is 0 Å². The lowest BCUT2D eigenvalue weighted by molar-refractivity contribution is 0.0651. The average Bonchev–Trinajstić information content (AvgIpc) is 2.67. The van der Waals surface area contributed by atoms with Crippen molar-refractivity contribution in [3.63, 3.8) is 0 Å². The molecule has 1 heterocycles. The zero-order chi connectivity index (χ0) is 16.8. The van der Waals surface area contributed by atoms with Gasteiger partial charge in [-0.25, -0.2) is 0 Å². The highest BCUT2D eigenvalue weighted by Crippen LogP contribution is 2.24. The third-order valence-electron chi connectivity index (χ3n) is 4.51. The Morgan fingerprint density at radius 2 is 1.71 bits per heavy atom. The first kappa shape index (κ1) is 17.1. The van der Waals surface area contributed by atoms with Crippen molar-refractivity contribution in [3.05, 3.63) is 65.7 Å². The highest BCUT2D eigenvalue weighted by Gasteiger charge is 2.23. The number of hydrogen-bond acceptors (Lipinski definition) is 3. The van der Waals surface area contributed by atoms with Crippen LogP contribution in [0.4, 0.5) is 0 Å². The molecule has 0 radical (unpaired) electrons. The zero-order valence-corrected chi connectivity index (χ0v) is 14.5. The van der Waals surface area contributed by atoms with E-state index in [9.17, 15) is 9.90 Å². The van der Waals surface area contributed by atoms with E-state index in [1.54, 1.807) is 11.8 Å². The van der Waals surface area contributed by atoms with E-state index < -0.39 is 0 Å². The average molecular weight is 341 g/mol. The van der Waals surface area contributed by atoms with Crippen molar-refractivity contribution in [1.82, 2.24) is 4.90 Å². The van der Waals surface area contributed by atoms with Gasteiger partial charge in [0.05, 0.1) is 0 Å². The summed E-state index contributed by atoms with van der Waals surface area (Å²) in [6.07, 6.45) is 1.79. The molecule has 1 fully saturated rings. The Bertz CT molecular complexity index is 649. The van der Waals surface area contributed by atoms with Crippen molar-refractivity contribution >= 4 is 17.7 Å². The van der Waals surface area contributed by atoms with Gasteiger partial charge in [-0.3, -0.25) is 4.79 Å². The lowest BCUT2D eigenvalue weighted by atomic mass is 9.97. The van der Waals surface area contributed by atoms with Crippen molar-refractivity contribution in [2.24, 2.45) is 5.92 Å². The SMILES string of the molecule is O=C(c1ccc(SCc2ccccc2)cc1)N1CCC(CO)CC1. The number of hydrogen-bond donors (Lipinski definition) is 1. The second kappa shape index (κ2) is 8.36. The molecule has 1 N–H and O–H groups in total. The smallest absolute Gasteiger partial charge is 0.253 e. The maximum absolute atomic E-state index is 12.5. The number of thioether (sulfide) groups is 1. The molecule has 0 aromatic heterocycles. The molecule has 0 bridgehead atoms. The van der Waals surface area contributed by atoms with Crippen LogP contribution in [0.25, 0.3) is 0 Å². The van der Waals surface area contributed by atoms with Crippen LogP contribution in [0.2, 0.25) is 0 Å². The summed E-state index contributed by atoms with van der Waals surface area (Å²) < 4.78 is 0. The lowest BCUT2D eigenvalue weighted by Crippen LogP contribution is -2.39. The molecule has 0 atom stereocenters. The molecule has 4 heteroatoms. The fourth-order valence-corrected chi connectivity index (χ4v) is 3.79. The van der Waals surface area contributed by atoms with E-state index in [2.05, 4.69) is 24.3 Å². The van der Waals surface area contributed by atoms with Crippen molar-refractivity contribution in [2.75, 3.05) is 19.7 Å². The van der Waals surface area contributed by atoms with Gasteiger partial charge in [0.15, 0.2) is 0 Å². The molecule has 0 aliphatic carbocycles. The van der Waals surface area contributed by atoms with E-state index in [-0.39, 0.29) is 12.5 Å². The predicted molar refractivity (Wildman–Crippen MR) is 98.2 cm³/mol. The summed E-state index contributed by atoms with van der Waals surface area (Å²) in [6, 6.07) is 18.3. The largest absolute Gasteiger partial charge is 0.396 e. The van der Waals surface area contributed by atoms with Gasteiger partial charge in [0.1, 0.15) is 0 Å². The van der Waals surface area contributed by atoms with Crippen LogP contribution >= 0.6 is 11.8 Å². The van der Waals surface area contributed by atoms with Crippen LogP contribution in [-0.4, -0.2) is 35.6 Å². The summed E-state index contributed by atoms with van der Waals surface area (Å²) >= 11 is 1.78. The zero-order valence-electron chi connectivity index (χ0n) is 13.7. The van der Waals surface area contributed by atoms with E-state index >= 15 is 0 Å². The van der Waals surface area contributed by atoms with Crippen LogP contribution in [0.15, 0.2) is 59.5 Å². The number of amides is 1. The maximum atomic E-state index is 12.5. The third kappa shape index (κ3) is 4.40. The highest BCUT2D eigenvalue weighted by molar-refractivity contribution is 7.98. The molecule has 2 aromatic rings. The standard InChI is InChI=1S/C20H23NO2S/c22-14-16-10-12-21(13-11-16)20(23)18-6-8-19(9-7-18)24-15-17-4-2-1-3-5-17/h1-9,16,22H,10-15H2. The molecule has 0 saturated carbocycles. The molecule has 0 spiro atoms. The van der Waals surface area contributed by atoms with Crippen LogP contribution in [0, 0.1) is 5.92 Å². The van der Waals surface area contributed by atoms with Crippen LogP contribution in [0.1, 0.15) is 28.8 Å². The number of carbonyl (C=O) groups excluding carboxylic acids is 1. The van der Waals surface area contributed by atoms with E-state index in [0.717, 1.165) is 37.2 Å². The number of aliphatic hydroxyl groups excluding tert-OH is 1. The minimum Gasteiger partial charge on any atom is -0.396 e. The second-order valence-corrected chi connectivity index (χ2v) is 7.27. The van der Waals surface area contributed by atoms with Gasteiger partial charge in [0.25, 0.3) is 5.91 Å². The highest BCUT2D eigenvalue weighted by atomic mass is 32.2. The first-order valence-electron chi connectivity index (χ1n) is 8.43. The summed E-state index contributed by atoms with van der Waals surface area (Å²) in [5.74, 6) is 1.39. The third-order valence-corrected chi connectivity index (χ3v) is 5.59. The van der Waals surface area contributed by atoms with Crippen molar-refractivity contribution in [2.45, 2.75) is 23.5 Å². The Labute approximate surface area is 147 Å². The first-order chi connectivity index (χ1) is 11.8. The molecule has 1 aliphatic heterocycles. The van der Waals surface area contributed by atoms with E-state index in [1.165, 1.54) is 10.5 Å². The van der Waals surface area contributed by atoms with E-state index in [0.29, 0.717) is 5.92 Å². The molecule has 1 aliphatic rings. The summed E-state index contributed by atoms with van der Waals surface area (Å²) in [7, 11) is 0. The molecule has 3 nitrogen and oxygen atoms in total. The van der Waals surface area contributed by atoms with Crippen LogP contribution < -0.4 is 0 Å². The second-order valence-electron chi connectivity index (χ2n) is 6.22. The summed E-state index contributed by atoms with van der Waals surface area (Å²) in [5, 5.41) is 9.19. The van der Waals surface area contributed by atoms with Gasteiger partial charge < -0.3 is 10.0 Å². The minimum atomic E-state index is 0.103. The summed E-state index contributed by atoms with van der Waals surface area (Å²) in [4.78, 5) is 15.6. The molecule has 2 aromatic carbocycles. The number of aliphatic hydroxyl groups is 1. The number of likely N-dealkylation sites (tertiary alicyclic amines) is 1. The predicted octanol–water partition coefficient (Wildman–Crippen LogP) is 3.82. The number of piperidine rings is 1. The molecule has 24 heavy (non-hydrogen) atoms. The molecule has 1 amide bonds. The molecule has 126 valence electrons. The number of carbonyl (C=O) groups is 1. The monoisotopic (exact) mass is 341 g/mol. The Hall–Kier alpha value is -1.78. The Balaban J connectivity index is 1.55. The fourth-order valence-electron chi connectivity index (χ4n) is 2.94. The molecular formula is C20H23NO2S. The van der Waals surface area contributed by atoms with Crippen molar-refractivity contribution in [3.8, 4) is 0 Å². The van der Waals surface area contributed by atoms with Gasteiger partial charge in [-0.2, -0.15) is 0 Å². The van der Waals surface area contributed by atoms with Crippen molar-refractivity contribution < 1.29 is 9.90 Å². The van der Waals surface area contributed by atoms with Gasteiger partial charge in [-0.05, 0) is 48.6 Å². The molecule has 1 saturated heterocycles. The first-order valence-corrected chi connectivity index (χ1v) is 9.42. The van der Waals surface area contributed by atoms with E-state index in [1.807, 2.05) is 35.2 Å². The number of rotatable bonds is 5. The summed E-state index contributed by atoms with van der Waals surface area (Å²) in [6.45, 7) is 1.72. The molecular weight excluding hydrogens is 318 g/mol. The fraction of sp³-hybridized carbons (Fsp3) is 0.350. The maximum Gasteiger partial charge on any atom is 0.253 e. The quantitative estimate of drug-likeness (QED) is 0.841. The number of benzene rings is 2.